The van der Waals surface area contributed by atoms with Gasteiger partial charge in [-0.15, -0.1) is 0 Å². The second-order valence-electron chi connectivity index (χ2n) is 16.3. The minimum Gasteiger partial charge on any atom is -0.496 e. The number of imide groups is 1. The lowest BCUT2D eigenvalue weighted by atomic mass is 9.72. The third-order valence-electron chi connectivity index (χ3n) is 9.92. The van der Waals surface area contributed by atoms with Crippen LogP contribution >= 0.6 is 0 Å². The van der Waals surface area contributed by atoms with Crippen LogP contribution in [0.5, 0.6) is 17.2 Å². The maximum absolute atomic E-state index is 14.4. The number of hydrogen-bond donors (Lipinski definition) is 3. The summed E-state index contributed by atoms with van der Waals surface area (Å²) >= 11 is 0. The van der Waals surface area contributed by atoms with Crippen molar-refractivity contribution in [2.75, 3.05) is 26.2 Å². The Morgan fingerprint density at radius 2 is 1.40 bits per heavy atom. The fourth-order valence-electron chi connectivity index (χ4n) is 6.40. The zero-order chi connectivity index (χ0) is 38.3. The number of nitrogens with zero attached hydrogens (tertiary/aromatic N) is 3. The molecule has 0 bridgehead atoms. The quantitative estimate of drug-likeness (QED) is 0.181. The fraction of sp³-hybridized carbons (Fsp3) is 0.583. The summed E-state index contributed by atoms with van der Waals surface area (Å²) in [7, 11) is 1.95. The molecule has 0 spiro atoms. The van der Waals surface area contributed by atoms with Crippen molar-refractivity contribution in [1.29, 1.82) is 0 Å². The zero-order valence-electron chi connectivity index (χ0n) is 31.9. The zero-order valence-corrected chi connectivity index (χ0v) is 32.9. The highest BCUT2D eigenvalue weighted by atomic mass is 28.3. The molecule has 4 amide bonds. The third kappa shape index (κ3) is 7.54. The molecule has 50 heavy (non-hydrogen) atoms. The number of nitrogens with one attached hydrogen (secondary N) is 1. The van der Waals surface area contributed by atoms with Crippen molar-refractivity contribution in [1.82, 2.24) is 14.9 Å². The molecule has 14 heteroatoms. The first-order chi connectivity index (χ1) is 22.8. The lowest BCUT2D eigenvalue weighted by Gasteiger charge is -2.57. The summed E-state index contributed by atoms with van der Waals surface area (Å²) in [5.41, 5.74) is 0.993. The maximum atomic E-state index is 14.4. The van der Waals surface area contributed by atoms with Gasteiger partial charge in [0.15, 0.2) is 14.1 Å². The van der Waals surface area contributed by atoms with Gasteiger partial charge in [0.25, 0.3) is 0 Å². The second-order valence-corrected chi connectivity index (χ2v) is 21.4. The van der Waals surface area contributed by atoms with Crippen LogP contribution in [0.4, 0.5) is 15.4 Å². The monoisotopic (exact) mass is 714 g/mol. The van der Waals surface area contributed by atoms with Gasteiger partial charge < -0.3 is 34.3 Å². The average Bonchev–Trinajstić information content (AvgIpc) is 2.98. The maximum Gasteiger partial charge on any atom is 0.422 e. The van der Waals surface area contributed by atoms with Crippen LogP contribution in [0, 0.1) is 5.92 Å². The molecule has 1 aliphatic rings. The number of β-lactam (4-membered cyclic amide) rings is 1. The summed E-state index contributed by atoms with van der Waals surface area (Å²) in [6, 6.07) is 2.54. The Labute approximate surface area is 296 Å². The number of methoxy groups -OCH3 is 3. The lowest BCUT2D eigenvalue weighted by molar-refractivity contribution is -0.155. The minimum absolute atomic E-state index is 0.0456. The summed E-state index contributed by atoms with van der Waals surface area (Å²) in [5, 5.41) is 22.6. The van der Waals surface area contributed by atoms with Crippen molar-refractivity contribution in [3.63, 3.8) is 0 Å². The van der Waals surface area contributed by atoms with E-state index in [1.807, 2.05) is 41.5 Å². The molecule has 0 aliphatic carbocycles. The molecular weight excluding hydrogens is 661 g/mol. The van der Waals surface area contributed by atoms with E-state index in [9.17, 15) is 29.4 Å². The molecule has 2 aromatic rings. The van der Waals surface area contributed by atoms with Crippen LogP contribution in [0.1, 0.15) is 84.6 Å². The van der Waals surface area contributed by atoms with Gasteiger partial charge in [0, 0.05) is 23.9 Å². The van der Waals surface area contributed by atoms with Crippen LogP contribution in [0.25, 0.3) is 0 Å². The number of pyridine rings is 1. The van der Waals surface area contributed by atoms with Crippen LogP contribution in [0.3, 0.4) is 0 Å². The molecule has 0 radical (unpaired) electrons. The first-order valence-corrected chi connectivity index (χ1v) is 19.5. The highest BCUT2D eigenvalue weighted by molar-refractivity contribution is 6.80. The number of carbonyl (C=O) groups is 4. The number of rotatable bonds is 10. The highest BCUT2D eigenvalue weighted by Gasteiger charge is 2.60. The van der Waals surface area contributed by atoms with Crippen molar-refractivity contribution in [2.24, 2.45) is 5.92 Å². The normalized spacial score (nSPS) is 16.8. The first kappa shape index (κ1) is 40.1. The number of hydrogen-bond acceptors (Lipinski definition) is 8. The number of ether oxygens (including phenoxy) is 3. The van der Waals surface area contributed by atoms with E-state index in [1.165, 1.54) is 27.5 Å². The molecule has 276 valence electrons. The van der Waals surface area contributed by atoms with Crippen molar-refractivity contribution in [3.8, 4) is 17.2 Å². The van der Waals surface area contributed by atoms with Gasteiger partial charge in [-0.1, -0.05) is 75.4 Å². The van der Waals surface area contributed by atoms with E-state index in [0.717, 1.165) is 5.56 Å². The molecule has 1 aliphatic heterocycles. The molecule has 13 nitrogen and oxygen atoms in total. The van der Waals surface area contributed by atoms with Crippen LogP contribution in [0.2, 0.25) is 18.1 Å². The largest absolute Gasteiger partial charge is 0.496 e. The van der Waals surface area contributed by atoms with Gasteiger partial charge in [0.2, 0.25) is 11.8 Å². The lowest BCUT2D eigenvalue weighted by Crippen LogP contribution is -2.76. The first-order valence-electron chi connectivity index (χ1n) is 16.5. The van der Waals surface area contributed by atoms with Gasteiger partial charge in [-0.3, -0.25) is 9.59 Å². The van der Waals surface area contributed by atoms with E-state index in [1.54, 1.807) is 16.7 Å². The molecule has 1 aromatic heterocycles. The Morgan fingerprint density at radius 1 is 0.880 bits per heavy atom. The number of carboxylic acid groups (broad SMARTS) is 2. The van der Waals surface area contributed by atoms with Crippen molar-refractivity contribution < 1.29 is 43.6 Å². The Morgan fingerprint density at radius 3 is 1.80 bits per heavy atom. The summed E-state index contributed by atoms with van der Waals surface area (Å²) in [4.78, 5) is 57.9. The van der Waals surface area contributed by atoms with Gasteiger partial charge >= 0.3 is 12.2 Å². The number of amides is 4. The van der Waals surface area contributed by atoms with Gasteiger partial charge in [0.05, 0.1) is 39.4 Å². The van der Waals surface area contributed by atoms with E-state index < -0.39 is 43.2 Å². The van der Waals surface area contributed by atoms with Crippen LogP contribution in [-0.2, 0) is 33.4 Å². The van der Waals surface area contributed by atoms with Gasteiger partial charge in [-0.05, 0) is 33.4 Å². The predicted molar refractivity (Wildman–Crippen MR) is 193 cm³/mol. The number of anilines is 1. The highest BCUT2D eigenvalue weighted by Crippen LogP contribution is 2.48. The molecule has 1 fully saturated rings. The van der Waals surface area contributed by atoms with Gasteiger partial charge in [-0.2, -0.15) is 4.90 Å². The minimum atomic E-state index is -2.60. The van der Waals surface area contributed by atoms with Gasteiger partial charge in [0.1, 0.15) is 23.3 Å². The smallest absolute Gasteiger partial charge is 0.422 e. The van der Waals surface area contributed by atoms with Crippen molar-refractivity contribution in [2.45, 2.75) is 110 Å². The molecule has 2 heterocycles. The summed E-state index contributed by atoms with van der Waals surface area (Å²) in [6.07, 6.45) is -1.84. The van der Waals surface area contributed by atoms with Crippen molar-refractivity contribution in [3.05, 3.63) is 40.6 Å². The van der Waals surface area contributed by atoms with E-state index in [0.29, 0.717) is 33.9 Å². The Hall–Kier alpha value is -4.33. The summed E-state index contributed by atoms with van der Waals surface area (Å²) in [5.74, 6) is -0.159. The molecule has 1 aromatic carbocycles. The van der Waals surface area contributed by atoms with E-state index in [2.05, 4.69) is 44.2 Å². The molecule has 3 rings (SSSR count). The average molecular weight is 715 g/mol. The summed E-state index contributed by atoms with van der Waals surface area (Å²) in [6.45, 7) is 21.8. The molecule has 2 atom stereocenters. The van der Waals surface area contributed by atoms with E-state index in [4.69, 9.17) is 14.2 Å². The van der Waals surface area contributed by atoms with Gasteiger partial charge in [-0.25, -0.2) is 14.6 Å². The van der Waals surface area contributed by atoms with E-state index >= 15 is 0 Å². The SMILES string of the molecule is COc1cc(OC)c(CNC(=O)[C@@H]2[C@@H](Cc3c(C(C)(C)C)cnc(N(C(=O)O)C(=O)O)c3C(C)(C)C)C(=O)N2[Si](C)(C)C(C)(C)C)c(OC)c1. The Kier molecular flexibility index (Phi) is 11.3. The predicted octanol–water partition coefficient (Wildman–Crippen LogP) is 6.56. The molecular formula is C36H54N4O9Si. The number of benzene rings is 1. The Balaban J connectivity index is 2.24. The molecule has 1 saturated heterocycles. The molecule has 0 unspecified atom stereocenters. The van der Waals surface area contributed by atoms with Crippen LogP contribution in [0.15, 0.2) is 18.3 Å². The molecule has 0 saturated carbocycles. The van der Waals surface area contributed by atoms with Crippen LogP contribution in [-0.4, -0.2) is 79.4 Å². The standard InChI is InChI=1S/C36H54N4O9Si/c1-34(2,3)24-19-37-29(39(32(43)44)33(45)46)27(35(4,5)6)21(24)17-22-28(40(31(22)42)50(13,14)36(7,8)9)30(41)38-18-23-25(48-11)15-20(47-10)16-26(23)49-12/h15-16,19,22,28H,17-18H2,1-14H3,(H,38,41)(H,43,44)(H,45,46)/t22-,28+/m1/s1. The van der Waals surface area contributed by atoms with Crippen LogP contribution < -0.4 is 24.4 Å². The topological polar surface area (TPSA) is 168 Å². The number of carbonyl (C=O) groups excluding carboxylic acids is 2. The summed E-state index contributed by atoms with van der Waals surface area (Å²) < 4.78 is 18.3. The third-order valence-corrected chi connectivity index (χ3v) is 15.3. The fourth-order valence-corrected chi connectivity index (χ4v) is 8.83. The van der Waals surface area contributed by atoms with Crippen molar-refractivity contribution >= 4 is 38.1 Å². The van der Waals surface area contributed by atoms with E-state index in [-0.39, 0.29) is 40.5 Å². The number of aromatic nitrogens is 1. The Bertz CT molecular complexity index is 1620. The second kappa shape index (κ2) is 14.1. The molecule has 3 N–H and O–H groups in total.